The fourth-order valence-electron chi connectivity index (χ4n) is 4.14. The summed E-state index contributed by atoms with van der Waals surface area (Å²) in [5.41, 5.74) is 0.566. The number of hydrogen-bond donors (Lipinski definition) is 0. The third-order valence-corrected chi connectivity index (χ3v) is 6.22. The van der Waals surface area contributed by atoms with E-state index in [2.05, 4.69) is 15.0 Å². The number of carbonyl (C=O) groups excluding carboxylic acids is 3. The van der Waals surface area contributed by atoms with E-state index < -0.39 is 23.3 Å². The van der Waals surface area contributed by atoms with Gasteiger partial charge in [-0.25, -0.2) is 14.4 Å². The van der Waals surface area contributed by atoms with Crippen LogP contribution >= 0.6 is 0 Å². The first-order valence-electron chi connectivity index (χ1n) is 13.0. The number of hydrogen-bond acceptors (Lipinski definition) is 11. The number of pyridine rings is 3. The average Bonchev–Trinajstić information content (AvgIpc) is 3.06. The summed E-state index contributed by atoms with van der Waals surface area (Å²) in [5.74, 6) is -1.88. The third kappa shape index (κ3) is 6.06. The van der Waals surface area contributed by atoms with Gasteiger partial charge in [0, 0.05) is 60.9 Å². The lowest BCUT2D eigenvalue weighted by Crippen LogP contribution is -2.13. The molecule has 0 aliphatic rings. The first kappa shape index (κ1) is 27.7. The Bertz CT molecular complexity index is 2050. The van der Waals surface area contributed by atoms with Crippen LogP contribution in [0.2, 0.25) is 0 Å². The molecule has 0 unspecified atom stereocenters. The molecule has 6 rings (SSSR count). The molecule has 4 aromatic heterocycles. The van der Waals surface area contributed by atoms with Crippen molar-refractivity contribution in [3.05, 3.63) is 143 Å². The van der Waals surface area contributed by atoms with Crippen LogP contribution in [-0.4, -0.2) is 32.9 Å². The molecule has 0 fully saturated rings. The summed E-state index contributed by atoms with van der Waals surface area (Å²) in [5, 5.41) is -0.0470. The second-order valence-electron chi connectivity index (χ2n) is 9.19. The van der Waals surface area contributed by atoms with Crippen LogP contribution in [0.3, 0.4) is 0 Å². The number of rotatable bonds is 7. The number of carbonyl (C=O) groups is 3. The Morgan fingerprint density at radius 3 is 1.64 bits per heavy atom. The van der Waals surface area contributed by atoms with E-state index in [1.54, 1.807) is 54.7 Å². The Balaban J connectivity index is 1.35. The SMILES string of the molecule is O=C(Oc1ccc(-c2cc(=O)c3c(OC(=O)c4cccnc4)cc(OC(=O)c4cccnc4)cc3o2)cc1)c1cccnc1. The maximum Gasteiger partial charge on any atom is 0.345 e. The summed E-state index contributed by atoms with van der Waals surface area (Å²) in [4.78, 5) is 63.1. The molecule has 0 saturated carbocycles. The fourth-order valence-corrected chi connectivity index (χ4v) is 4.14. The van der Waals surface area contributed by atoms with Gasteiger partial charge in [-0.1, -0.05) is 0 Å². The van der Waals surface area contributed by atoms with Crippen LogP contribution in [0.1, 0.15) is 31.1 Å². The standard InChI is InChI=1S/C33H19N3O8/c37-26-16-27(20-7-9-24(10-8-20)41-31(38)21-4-1-11-34-17-21)43-28-14-25(42-32(39)22-5-2-12-35-18-22)15-29(30(26)28)44-33(40)23-6-3-13-36-19-23/h1-19H. The summed E-state index contributed by atoms with van der Waals surface area (Å²) >= 11 is 0. The highest BCUT2D eigenvalue weighted by molar-refractivity contribution is 5.96. The molecule has 0 atom stereocenters. The van der Waals surface area contributed by atoms with Crippen molar-refractivity contribution in [1.82, 2.24) is 15.0 Å². The Morgan fingerprint density at radius 2 is 1.11 bits per heavy atom. The van der Waals surface area contributed by atoms with Gasteiger partial charge in [0.05, 0.1) is 16.7 Å². The molecule has 11 nitrogen and oxygen atoms in total. The lowest BCUT2D eigenvalue weighted by atomic mass is 10.1. The maximum absolute atomic E-state index is 13.4. The van der Waals surface area contributed by atoms with E-state index in [4.69, 9.17) is 18.6 Å². The van der Waals surface area contributed by atoms with E-state index in [0.29, 0.717) is 5.56 Å². The van der Waals surface area contributed by atoms with Crippen molar-refractivity contribution < 1.29 is 33.0 Å². The van der Waals surface area contributed by atoms with Crippen molar-refractivity contribution >= 4 is 28.9 Å². The molecular weight excluding hydrogens is 566 g/mol. The molecule has 0 amide bonds. The molecule has 0 aliphatic heterocycles. The van der Waals surface area contributed by atoms with Crippen molar-refractivity contribution in [2.24, 2.45) is 0 Å². The molecule has 0 bridgehead atoms. The quantitative estimate of drug-likeness (QED) is 0.177. The van der Waals surface area contributed by atoms with Crippen molar-refractivity contribution in [2.45, 2.75) is 0 Å². The topological polar surface area (TPSA) is 148 Å². The molecular formula is C33H19N3O8. The van der Waals surface area contributed by atoms with Gasteiger partial charge >= 0.3 is 17.9 Å². The van der Waals surface area contributed by atoms with Crippen molar-refractivity contribution in [3.63, 3.8) is 0 Å². The minimum atomic E-state index is -0.782. The number of aromatic nitrogens is 3. The number of benzene rings is 2. The van der Waals surface area contributed by atoms with Gasteiger partial charge in [-0.05, 0) is 60.7 Å². The van der Waals surface area contributed by atoms with Crippen LogP contribution in [0.4, 0.5) is 0 Å². The summed E-state index contributed by atoms with van der Waals surface area (Å²) in [6.45, 7) is 0. The number of ether oxygens (including phenoxy) is 3. The van der Waals surface area contributed by atoms with Crippen molar-refractivity contribution in [1.29, 1.82) is 0 Å². The monoisotopic (exact) mass is 585 g/mol. The second-order valence-corrected chi connectivity index (χ2v) is 9.19. The lowest BCUT2D eigenvalue weighted by molar-refractivity contribution is 0.0720. The highest BCUT2D eigenvalue weighted by Gasteiger charge is 2.20. The van der Waals surface area contributed by atoms with Gasteiger partial charge in [0.25, 0.3) is 0 Å². The summed E-state index contributed by atoms with van der Waals surface area (Å²) < 4.78 is 22.5. The molecule has 6 aromatic rings. The molecule has 214 valence electrons. The van der Waals surface area contributed by atoms with E-state index in [9.17, 15) is 19.2 Å². The zero-order valence-electron chi connectivity index (χ0n) is 22.6. The molecule has 0 saturated heterocycles. The van der Waals surface area contributed by atoms with Gasteiger partial charge in [-0.2, -0.15) is 0 Å². The minimum absolute atomic E-state index is 0.00921. The molecule has 4 heterocycles. The van der Waals surface area contributed by atoms with E-state index in [-0.39, 0.29) is 50.7 Å². The zero-order valence-corrected chi connectivity index (χ0v) is 22.6. The number of esters is 3. The van der Waals surface area contributed by atoms with Crippen molar-refractivity contribution in [2.75, 3.05) is 0 Å². The van der Waals surface area contributed by atoms with Crippen LogP contribution < -0.4 is 19.6 Å². The average molecular weight is 586 g/mol. The minimum Gasteiger partial charge on any atom is -0.456 e. The van der Waals surface area contributed by atoms with E-state index in [1.165, 1.54) is 61.3 Å². The predicted molar refractivity (Wildman–Crippen MR) is 156 cm³/mol. The smallest absolute Gasteiger partial charge is 0.345 e. The zero-order chi connectivity index (χ0) is 30.5. The lowest BCUT2D eigenvalue weighted by Gasteiger charge is -2.12. The van der Waals surface area contributed by atoms with Crippen LogP contribution in [-0.2, 0) is 0 Å². The Labute approximate surface area is 248 Å². The highest BCUT2D eigenvalue weighted by Crippen LogP contribution is 2.33. The second kappa shape index (κ2) is 12.2. The fraction of sp³-hybridized carbons (Fsp3) is 0. The highest BCUT2D eigenvalue weighted by atomic mass is 16.5. The third-order valence-electron chi connectivity index (χ3n) is 6.22. The van der Waals surface area contributed by atoms with Crippen molar-refractivity contribution in [3.8, 4) is 28.6 Å². The van der Waals surface area contributed by atoms with Gasteiger partial charge < -0.3 is 18.6 Å². The van der Waals surface area contributed by atoms with Gasteiger partial charge in [-0.15, -0.1) is 0 Å². The number of fused-ring (bicyclic) bond motifs is 1. The Hall–Kier alpha value is -6.49. The molecule has 0 aliphatic carbocycles. The molecule has 0 radical (unpaired) electrons. The molecule has 2 aromatic carbocycles. The van der Waals surface area contributed by atoms with E-state index in [0.717, 1.165) is 0 Å². The molecule has 0 spiro atoms. The summed E-state index contributed by atoms with van der Waals surface area (Å²) in [6.07, 6.45) is 8.60. The molecule has 11 heteroatoms. The predicted octanol–water partition coefficient (Wildman–Crippen LogP) is 5.30. The summed E-state index contributed by atoms with van der Waals surface area (Å²) in [6, 6.07) is 19.5. The Kier molecular flexibility index (Phi) is 7.65. The molecule has 44 heavy (non-hydrogen) atoms. The van der Waals surface area contributed by atoms with Gasteiger partial charge in [0.2, 0.25) is 0 Å². The van der Waals surface area contributed by atoms with Gasteiger partial charge in [0.1, 0.15) is 34.0 Å². The van der Waals surface area contributed by atoms with Gasteiger partial charge in [-0.3, -0.25) is 19.7 Å². The largest absolute Gasteiger partial charge is 0.456 e. The maximum atomic E-state index is 13.4. The first-order chi connectivity index (χ1) is 21.4. The molecule has 0 N–H and O–H groups in total. The van der Waals surface area contributed by atoms with E-state index in [1.807, 2.05) is 0 Å². The Morgan fingerprint density at radius 1 is 0.591 bits per heavy atom. The summed E-state index contributed by atoms with van der Waals surface area (Å²) in [7, 11) is 0. The van der Waals surface area contributed by atoms with Crippen LogP contribution in [0.5, 0.6) is 17.2 Å². The van der Waals surface area contributed by atoms with Gasteiger partial charge in [0.15, 0.2) is 5.43 Å². The van der Waals surface area contributed by atoms with Crippen LogP contribution in [0, 0.1) is 0 Å². The van der Waals surface area contributed by atoms with E-state index >= 15 is 0 Å². The normalized spacial score (nSPS) is 10.6. The van der Waals surface area contributed by atoms with Crippen LogP contribution in [0.25, 0.3) is 22.3 Å². The van der Waals surface area contributed by atoms with Crippen LogP contribution in [0.15, 0.2) is 125 Å². The number of nitrogens with zero attached hydrogens (tertiary/aromatic N) is 3. The first-order valence-corrected chi connectivity index (χ1v) is 13.0.